The van der Waals surface area contributed by atoms with Gasteiger partial charge in [0, 0.05) is 11.8 Å². The van der Waals surface area contributed by atoms with E-state index in [1.807, 2.05) is 0 Å². The van der Waals surface area contributed by atoms with Crippen molar-refractivity contribution in [3.8, 4) is 0 Å². The van der Waals surface area contributed by atoms with Crippen LogP contribution in [0.1, 0.15) is 19.3 Å². The first-order valence-electron chi connectivity index (χ1n) is 4.09. The Morgan fingerprint density at radius 1 is 1.20 bits per heavy atom. The third kappa shape index (κ3) is 0.468. The Kier molecular flexibility index (Phi) is 0.869. The minimum atomic E-state index is -0.920. The number of alkyl halides is 2. The van der Waals surface area contributed by atoms with Crippen LogP contribution in [0.5, 0.6) is 0 Å². The summed E-state index contributed by atoms with van der Waals surface area (Å²) in [5, 5.41) is 0. The highest BCUT2D eigenvalue weighted by atomic mass is 79.9. The van der Waals surface area contributed by atoms with Gasteiger partial charge in [-0.3, -0.25) is 0 Å². The van der Waals surface area contributed by atoms with E-state index in [0.717, 1.165) is 11.8 Å². The zero-order valence-corrected chi connectivity index (χ0v) is 7.27. The Labute approximate surface area is 68.3 Å². The first-order valence-corrected chi connectivity index (χ1v) is 4.88. The molecule has 3 aliphatic carbocycles. The molecule has 0 saturated heterocycles. The molecule has 5 atom stereocenters. The van der Waals surface area contributed by atoms with Crippen molar-refractivity contribution in [2.24, 2.45) is 23.7 Å². The Morgan fingerprint density at radius 3 is 2.10 bits per heavy atom. The monoisotopic (exact) mass is 204 g/mol. The Balaban J connectivity index is 1.97. The van der Waals surface area contributed by atoms with Crippen molar-refractivity contribution in [3.05, 3.63) is 0 Å². The largest absolute Gasteiger partial charge is 0.231 e. The fraction of sp³-hybridized carbons (Fsp3) is 1.00. The van der Waals surface area contributed by atoms with E-state index >= 15 is 0 Å². The summed E-state index contributed by atoms with van der Waals surface area (Å²) in [6.07, 6.45) is 3.92. The van der Waals surface area contributed by atoms with Crippen LogP contribution in [0, 0.1) is 23.7 Å². The average Bonchev–Trinajstić information content (AvgIpc) is 2.37. The van der Waals surface area contributed by atoms with Gasteiger partial charge in [0.15, 0.2) is 4.58 Å². The van der Waals surface area contributed by atoms with Gasteiger partial charge in [0.2, 0.25) is 0 Å². The van der Waals surface area contributed by atoms with Crippen LogP contribution in [0.15, 0.2) is 0 Å². The van der Waals surface area contributed by atoms with Crippen molar-refractivity contribution in [2.75, 3.05) is 0 Å². The first-order chi connectivity index (χ1) is 4.71. The van der Waals surface area contributed by atoms with Crippen molar-refractivity contribution in [2.45, 2.75) is 23.8 Å². The number of hydrogen-bond donors (Lipinski definition) is 0. The molecule has 0 aromatic heterocycles. The van der Waals surface area contributed by atoms with Gasteiger partial charge in [-0.05, 0) is 47.0 Å². The molecular formula is C8H10BrF. The predicted molar refractivity (Wildman–Crippen MR) is 40.6 cm³/mol. The lowest BCUT2D eigenvalue weighted by atomic mass is 10.0. The lowest BCUT2D eigenvalue weighted by Crippen LogP contribution is -2.05. The second kappa shape index (κ2) is 1.45. The van der Waals surface area contributed by atoms with E-state index in [4.69, 9.17) is 0 Å². The SMILES string of the molecule is FC1(Br)[C@@H]2[C@H]3CC[C@H](C3)[C@@H]21. The number of rotatable bonds is 0. The maximum Gasteiger partial charge on any atom is 0.172 e. The van der Waals surface area contributed by atoms with E-state index in [1.165, 1.54) is 19.3 Å². The third-order valence-corrected chi connectivity index (χ3v) is 4.75. The van der Waals surface area contributed by atoms with E-state index < -0.39 is 4.58 Å². The normalized spacial score (nSPS) is 70.2. The van der Waals surface area contributed by atoms with Crippen molar-refractivity contribution in [1.29, 1.82) is 0 Å². The fourth-order valence-corrected chi connectivity index (χ4v) is 4.48. The van der Waals surface area contributed by atoms with Crippen LogP contribution < -0.4 is 0 Å². The molecule has 0 nitrogen and oxygen atoms in total. The van der Waals surface area contributed by atoms with Gasteiger partial charge in [0.25, 0.3) is 0 Å². The summed E-state index contributed by atoms with van der Waals surface area (Å²) in [5.41, 5.74) is 0. The van der Waals surface area contributed by atoms with E-state index in [9.17, 15) is 4.39 Å². The molecule has 3 saturated carbocycles. The molecular weight excluding hydrogens is 195 g/mol. The van der Waals surface area contributed by atoms with Crippen LogP contribution in [0.4, 0.5) is 4.39 Å². The van der Waals surface area contributed by atoms with Crippen LogP contribution in [-0.2, 0) is 0 Å². The van der Waals surface area contributed by atoms with E-state index in [1.54, 1.807) is 0 Å². The Bertz CT molecular complexity index is 172. The van der Waals surface area contributed by atoms with Crippen LogP contribution in [0.25, 0.3) is 0 Å². The topological polar surface area (TPSA) is 0 Å². The quantitative estimate of drug-likeness (QED) is 0.533. The van der Waals surface area contributed by atoms with Gasteiger partial charge >= 0.3 is 0 Å². The number of halogens is 2. The molecule has 0 heterocycles. The molecule has 0 N–H and O–H groups in total. The highest BCUT2D eigenvalue weighted by Gasteiger charge is 2.75. The second-order valence-corrected chi connectivity index (χ2v) is 5.27. The minimum Gasteiger partial charge on any atom is -0.231 e. The summed E-state index contributed by atoms with van der Waals surface area (Å²) < 4.78 is 12.4. The molecule has 0 spiro atoms. The van der Waals surface area contributed by atoms with Gasteiger partial charge in [-0.1, -0.05) is 0 Å². The van der Waals surface area contributed by atoms with Crippen LogP contribution in [0.2, 0.25) is 0 Å². The molecule has 1 unspecified atom stereocenters. The smallest absolute Gasteiger partial charge is 0.172 e. The molecule has 3 aliphatic rings. The lowest BCUT2D eigenvalue weighted by Gasteiger charge is -2.06. The third-order valence-electron chi connectivity index (χ3n) is 3.70. The van der Waals surface area contributed by atoms with Crippen LogP contribution in [0.3, 0.4) is 0 Å². The fourth-order valence-electron chi connectivity index (χ4n) is 3.30. The Hall–Kier alpha value is 0.410. The molecule has 0 aromatic rings. The summed E-state index contributed by atoms with van der Waals surface area (Å²) in [4.78, 5) is 0. The van der Waals surface area contributed by atoms with E-state index in [2.05, 4.69) is 15.9 Å². The van der Waals surface area contributed by atoms with Gasteiger partial charge in [0.1, 0.15) is 0 Å². The summed E-state index contributed by atoms with van der Waals surface area (Å²) in [5.74, 6) is 2.29. The van der Waals surface area contributed by atoms with Crippen molar-refractivity contribution >= 4 is 15.9 Å². The summed E-state index contributed by atoms with van der Waals surface area (Å²) in [7, 11) is 0. The van der Waals surface area contributed by atoms with Crippen LogP contribution >= 0.6 is 15.9 Å². The van der Waals surface area contributed by atoms with Gasteiger partial charge < -0.3 is 0 Å². The summed E-state index contributed by atoms with van der Waals surface area (Å²) in [6.45, 7) is 0. The van der Waals surface area contributed by atoms with E-state index in [0.29, 0.717) is 11.8 Å². The molecule has 2 bridgehead atoms. The lowest BCUT2D eigenvalue weighted by molar-refractivity contribution is 0.325. The average molecular weight is 205 g/mol. The maximum absolute atomic E-state index is 13.4. The van der Waals surface area contributed by atoms with Crippen LogP contribution in [-0.4, -0.2) is 4.58 Å². The first kappa shape index (κ1) is 5.99. The second-order valence-electron chi connectivity index (χ2n) is 4.06. The molecule has 3 fully saturated rings. The molecule has 3 rings (SSSR count). The molecule has 56 valence electrons. The number of hydrogen-bond acceptors (Lipinski definition) is 0. The molecule has 0 aromatic carbocycles. The van der Waals surface area contributed by atoms with E-state index in [-0.39, 0.29) is 0 Å². The number of fused-ring (bicyclic) bond motifs is 5. The molecule has 2 heteroatoms. The molecule has 10 heavy (non-hydrogen) atoms. The van der Waals surface area contributed by atoms with Crippen molar-refractivity contribution in [3.63, 3.8) is 0 Å². The van der Waals surface area contributed by atoms with Gasteiger partial charge in [0.05, 0.1) is 0 Å². The van der Waals surface area contributed by atoms with Crippen molar-refractivity contribution < 1.29 is 4.39 Å². The standard InChI is InChI=1S/C8H10BrF/c9-8(10)6-4-1-2-5(3-4)7(6)8/h4-7H,1-3H2/t4-,5+,6+,7-,8?. The van der Waals surface area contributed by atoms with Gasteiger partial charge in [-0.15, -0.1) is 0 Å². The van der Waals surface area contributed by atoms with Gasteiger partial charge in [-0.2, -0.15) is 0 Å². The molecule has 0 amide bonds. The molecule has 0 radical (unpaired) electrons. The maximum atomic E-state index is 13.4. The molecule has 0 aliphatic heterocycles. The summed E-state index contributed by atoms with van der Waals surface area (Å²) in [6, 6.07) is 0. The highest BCUT2D eigenvalue weighted by molar-refractivity contribution is 9.10. The zero-order valence-electron chi connectivity index (χ0n) is 5.69. The van der Waals surface area contributed by atoms with Crippen molar-refractivity contribution in [1.82, 2.24) is 0 Å². The Morgan fingerprint density at radius 2 is 1.70 bits per heavy atom. The minimum absolute atomic E-state index is 0.409. The highest BCUT2D eigenvalue weighted by Crippen LogP contribution is 2.75. The zero-order chi connectivity index (χ0) is 6.93. The summed E-state index contributed by atoms with van der Waals surface area (Å²) >= 11 is 3.18. The van der Waals surface area contributed by atoms with Gasteiger partial charge in [-0.25, -0.2) is 4.39 Å². The predicted octanol–water partition coefficient (Wildman–Crippen LogP) is 2.72.